The molecule has 3 aromatic carbocycles. The zero-order valence-electron chi connectivity index (χ0n) is 17.2. The van der Waals surface area contributed by atoms with Crippen LogP contribution in [0.5, 0.6) is 0 Å². The molecule has 30 heavy (non-hydrogen) atoms. The van der Waals surface area contributed by atoms with Crippen molar-refractivity contribution in [2.45, 2.75) is 26.4 Å². The van der Waals surface area contributed by atoms with Gasteiger partial charge in [-0.1, -0.05) is 66.7 Å². The molecule has 0 fully saturated rings. The Labute approximate surface area is 177 Å². The summed E-state index contributed by atoms with van der Waals surface area (Å²) in [5.74, 6) is -0.0676. The van der Waals surface area contributed by atoms with Crippen LogP contribution < -0.4 is 5.32 Å². The first-order valence-electron chi connectivity index (χ1n) is 10.1. The minimum Gasteiger partial charge on any atom is -0.345 e. The lowest BCUT2D eigenvalue weighted by molar-refractivity contribution is 0.0940. The van der Waals surface area contributed by atoms with Crippen molar-refractivity contribution < 1.29 is 4.79 Å². The molecule has 4 heteroatoms. The Hall–Kier alpha value is -3.66. The van der Waals surface area contributed by atoms with Crippen molar-refractivity contribution in [2.24, 2.45) is 0 Å². The van der Waals surface area contributed by atoms with Crippen LogP contribution in [0, 0.1) is 6.92 Å². The molecule has 0 bridgehead atoms. The van der Waals surface area contributed by atoms with Gasteiger partial charge < -0.3 is 5.32 Å². The van der Waals surface area contributed by atoms with Crippen LogP contribution in [0.3, 0.4) is 0 Å². The van der Waals surface area contributed by atoms with Crippen LogP contribution in [0.15, 0.2) is 91.3 Å². The molecule has 0 saturated heterocycles. The summed E-state index contributed by atoms with van der Waals surface area (Å²) in [4.78, 5) is 13.1. The van der Waals surface area contributed by atoms with E-state index in [0.29, 0.717) is 5.56 Å². The average molecular weight is 396 g/mol. The van der Waals surface area contributed by atoms with E-state index in [4.69, 9.17) is 0 Å². The summed E-state index contributed by atoms with van der Waals surface area (Å²) in [5, 5.41) is 7.41. The molecule has 4 nitrogen and oxygen atoms in total. The number of hydrogen-bond acceptors (Lipinski definition) is 2. The highest BCUT2D eigenvalue weighted by molar-refractivity contribution is 6.01. The van der Waals surface area contributed by atoms with E-state index in [2.05, 4.69) is 53.7 Å². The number of amides is 1. The molecule has 4 aromatic rings. The van der Waals surface area contributed by atoms with Gasteiger partial charge in [0.1, 0.15) is 0 Å². The van der Waals surface area contributed by atoms with Gasteiger partial charge in [-0.25, -0.2) is 0 Å². The highest BCUT2D eigenvalue weighted by Gasteiger charge is 2.16. The summed E-state index contributed by atoms with van der Waals surface area (Å²) in [6, 6.07) is 26.0. The third-order valence-corrected chi connectivity index (χ3v) is 5.34. The number of rotatable bonds is 6. The standard InChI is InChI=1S/C26H25N3O/c1-19-8-3-4-9-23(19)20(2)28-26(30)25-11-6-5-10-24(25)22-14-12-21(13-15-22)18-29-17-7-16-27-29/h3-17,20H,18H2,1-2H3,(H,28,30). The highest BCUT2D eigenvalue weighted by Crippen LogP contribution is 2.25. The van der Waals surface area contributed by atoms with Crippen molar-refractivity contribution in [3.8, 4) is 11.1 Å². The van der Waals surface area contributed by atoms with Gasteiger partial charge in [0.2, 0.25) is 0 Å². The van der Waals surface area contributed by atoms with Crippen LogP contribution in [-0.4, -0.2) is 15.7 Å². The van der Waals surface area contributed by atoms with E-state index in [-0.39, 0.29) is 11.9 Å². The lowest BCUT2D eigenvalue weighted by Crippen LogP contribution is -2.27. The fraction of sp³-hybridized carbons (Fsp3) is 0.154. The fourth-order valence-corrected chi connectivity index (χ4v) is 3.73. The summed E-state index contributed by atoms with van der Waals surface area (Å²) in [7, 11) is 0. The number of hydrogen-bond donors (Lipinski definition) is 1. The molecule has 0 aliphatic rings. The fourth-order valence-electron chi connectivity index (χ4n) is 3.73. The maximum Gasteiger partial charge on any atom is 0.252 e. The number of carbonyl (C=O) groups excluding carboxylic acids is 1. The molecule has 4 rings (SSSR count). The summed E-state index contributed by atoms with van der Waals surface area (Å²) in [5.41, 5.74) is 6.10. The van der Waals surface area contributed by atoms with Gasteiger partial charge in [-0.15, -0.1) is 0 Å². The Morgan fingerprint density at radius 2 is 1.70 bits per heavy atom. The zero-order chi connectivity index (χ0) is 20.9. The summed E-state index contributed by atoms with van der Waals surface area (Å²) in [6.07, 6.45) is 3.73. The third kappa shape index (κ3) is 4.33. The van der Waals surface area contributed by atoms with E-state index < -0.39 is 0 Å². The van der Waals surface area contributed by atoms with E-state index in [1.165, 1.54) is 5.56 Å². The van der Waals surface area contributed by atoms with Crippen LogP contribution in [0.2, 0.25) is 0 Å². The predicted octanol–water partition coefficient (Wildman–Crippen LogP) is 5.40. The van der Waals surface area contributed by atoms with Gasteiger partial charge in [-0.2, -0.15) is 5.10 Å². The molecule has 1 heterocycles. The van der Waals surface area contributed by atoms with Crippen LogP contribution in [0.4, 0.5) is 0 Å². The Morgan fingerprint density at radius 1 is 0.967 bits per heavy atom. The average Bonchev–Trinajstić information content (AvgIpc) is 3.27. The molecule has 1 aromatic heterocycles. The molecule has 0 spiro atoms. The van der Waals surface area contributed by atoms with Crippen molar-refractivity contribution in [3.05, 3.63) is 114 Å². The summed E-state index contributed by atoms with van der Waals surface area (Å²) < 4.78 is 1.89. The predicted molar refractivity (Wildman–Crippen MR) is 120 cm³/mol. The molecule has 0 saturated carbocycles. The highest BCUT2D eigenvalue weighted by atomic mass is 16.1. The lowest BCUT2D eigenvalue weighted by atomic mass is 9.97. The topological polar surface area (TPSA) is 46.9 Å². The largest absolute Gasteiger partial charge is 0.345 e. The smallest absolute Gasteiger partial charge is 0.252 e. The second kappa shape index (κ2) is 8.78. The number of nitrogens with zero attached hydrogens (tertiary/aromatic N) is 2. The number of nitrogens with one attached hydrogen (secondary N) is 1. The number of aryl methyl sites for hydroxylation is 1. The van der Waals surface area contributed by atoms with Crippen molar-refractivity contribution in [1.29, 1.82) is 0 Å². The van der Waals surface area contributed by atoms with E-state index in [0.717, 1.165) is 28.8 Å². The molecule has 150 valence electrons. The van der Waals surface area contributed by atoms with Crippen LogP contribution in [0.1, 0.15) is 40.0 Å². The zero-order valence-corrected chi connectivity index (χ0v) is 17.2. The van der Waals surface area contributed by atoms with E-state index >= 15 is 0 Å². The first-order valence-corrected chi connectivity index (χ1v) is 10.1. The second-order valence-electron chi connectivity index (χ2n) is 7.50. The van der Waals surface area contributed by atoms with E-state index in [1.807, 2.05) is 60.3 Å². The molecule has 0 radical (unpaired) electrons. The minimum absolute atomic E-state index is 0.0665. The Kier molecular flexibility index (Phi) is 5.75. The Balaban J connectivity index is 1.55. The van der Waals surface area contributed by atoms with Crippen LogP contribution in [0.25, 0.3) is 11.1 Å². The molecular weight excluding hydrogens is 370 g/mol. The van der Waals surface area contributed by atoms with Gasteiger partial charge in [-0.3, -0.25) is 9.48 Å². The maximum absolute atomic E-state index is 13.1. The third-order valence-electron chi connectivity index (χ3n) is 5.34. The molecule has 1 atom stereocenters. The summed E-state index contributed by atoms with van der Waals surface area (Å²) >= 11 is 0. The molecule has 1 N–H and O–H groups in total. The van der Waals surface area contributed by atoms with Gasteiger partial charge in [0.15, 0.2) is 0 Å². The van der Waals surface area contributed by atoms with Crippen molar-refractivity contribution >= 4 is 5.91 Å². The van der Waals surface area contributed by atoms with Gasteiger partial charge in [0, 0.05) is 18.0 Å². The van der Waals surface area contributed by atoms with Gasteiger partial charge in [-0.05, 0) is 53.8 Å². The normalized spacial score (nSPS) is 11.8. The van der Waals surface area contributed by atoms with Crippen molar-refractivity contribution in [3.63, 3.8) is 0 Å². The minimum atomic E-state index is -0.0676. The van der Waals surface area contributed by atoms with E-state index in [9.17, 15) is 4.79 Å². The Morgan fingerprint density at radius 3 is 2.43 bits per heavy atom. The first-order chi connectivity index (χ1) is 14.6. The maximum atomic E-state index is 13.1. The van der Waals surface area contributed by atoms with Crippen LogP contribution in [-0.2, 0) is 6.54 Å². The quantitative estimate of drug-likeness (QED) is 0.475. The van der Waals surface area contributed by atoms with Crippen LogP contribution >= 0.6 is 0 Å². The SMILES string of the molecule is Cc1ccccc1C(C)NC(=O)c1ccccc1-c1ccc(Cn2cccn2)cc1. The van der Waals surface area contributed by atoms with Gasteiger partial charge in [0.05, 0.1) is 12.6 Å². The van der Waals surface area contributed by atoms with Gasteiger partial charge in [0.25, 0.3) is 5.91 Å². The molecule has 1 unspecified atom stereocenters. The summed E-state index contributed by atoms with van der Waals surface area (Å²) in [6.45, 7) is 4.81. The number of benzene rings is 3. The number of aromatic nitrogens is 2. The van der Waals surface area contributed by atoms with Crippen molar-refractivity contribution in [1.82, 2.24) is 15.1 Å². The Bertz CT molecular complexity index is 1130. The molecule has 0 aliphatic heterocycles. The molecular formula is C26H25N3O. The monoisotopic (exact) mass is 395 g/mol. The molecule has 0 aliphatic carbocycles. The second-order valence-corrected chi connectivity index (χ2v) is 7.50. The van der Waals surface area contributed by atoms with Crippen molar-refractivity contribution in [2.75, 3.05) is 0 Å². The number of carbonyl (C=O) groups is 1. The first kappa shape index (κ1) is 19.6. The van der Waals surface area contributed by atoms with E-state index in [1.54, 1.807) is 6.20 Å². The molecule has 1 amide bonds. The van der Waals surface area contributed by atoms with Gasteiger partial charge >= 0.3 is 0 Å². The lowest BCUT2D eigenvalue weighted by Gasteiger charge is -2.18.